The van der Waals surface area contributed by atoms with E-state index in [1.54, 1.807) is 4.90 Å². The average Bonchev–Trinajstić information content (AvgIpc) is 3.07. The lowest BCUT2D eigenvalue weighted by atomic mass is 10.0. The maximum absolute atomic E-state index is 13.2. The van der Waals surface area contributed by atoms with E-state index in [4.69, 9.17) is 4.52 Å². The summed E-state index contributed by atoms with van der Waals surface area (Å²) in [6.45, 7) is 8.82. The van der Waals surface area contributed by atoms with Crippen LogP contribution in [0.5, 0.6) is 0 Å². The number of nitrogens with zero attached hydrogens (tertiary/aromatic N) is 4. The molecule has 3 rings (SSSR count). The molecule has 0 N–H and O–H groups in total. The van der Waals surface area contributed by atoms with E-state index in [9.17, 15) is 4.79 Å². The average molecular weight is 352 g/mol. The number of benzene rings is 1. The van der Waals surface area contributed by atoms with Gasteiger partial charge in [-0.15, -0.1) is 0 Å². The summed E-state index contributed by atoms with van der Waals surface area (Å²) < 4.78 is 5.23. The van der Waals surface area contributed by atoms with Gasteiger partial charge >= 0.3 is 0 Å². The van der Waals surface area contributed by atoms with Gasteiger partial charge in [-0.2, -0.15) is 4.98 Å². The fraction of sp³-hybridized carbons (Fsp3) is 0.400. The van der Waals surface area contributed by atoms with Gasteiger partial charge in [0, 0.05) is 24.0 Å². The van der Waals surface area contributed by atoms with Gasteiger partial charge in [-0.3, -0.25) is 9.78 Å². The monoisotopic (exact) mass is 352 g/mol. The van der Waals surface area contributed by atoms with Crippen LogP contribution in [0.3, 0.4) is 0 Å². The van der Waals surface area contributed by atoms with Crippen LogP contribution in [0.25, 0.3) is 10.9 Å². The summed E-state index contributed by atoms with van der Waals surface area (Å²) in [6, 6.07) is 7.77. The molecular formula is C20H24N4O2. The lowest BCUT2D eigenvalue weighted by Crippen LogP contribution is -2.31. The van der Waals surface area contributed by atoms with Crippen molar-refractivity contribution in [1.29, 1.82) is 0 Å². The van der Waals surface area contributed by atoms with Crippen LogP contribution in [0.15, 0.2) is 28.8 Å². The maximum atomic E-state index is 13.2. The lowest BCUT2D eigenvalue weighted by Gasteiger charge is -2.20. The van der Waals surface area contributed by atoms with Gasteiger partial charge in [0.2, 0.25) is 5.89 Å². The highest BCUT2D eigenvalue weighted by atomic mass is 16.5. The Hall–Kier alpha value is -2.76. The molecule has 136 valence electrons. The fourth-order valence-corrected chi connectivity index (χ4v) is 3.03. The Bertz CT molecular complexity index is 933. The number of pyridine rings is 1. The zero-order valence-corrected chi connectivity index (χ0v) is 15.7. The summed E-state index contributed by atoms with van der Waals surface area (Å²) in [5, 5.41) is 4.87. The lowest BCUT2D eigenvalue weighted by molar-refractivity contribution is 0.0749. The van der Waals surface area contributed by atoms with Gasteiger partial charge < -0.3 is 9.42 Å². The second kappa shape index (κ2) is 7.64. The Balaban J connectivity index is 1.93. The number of hydrogen-bond donors (Lipinski definition) is 0. The summed E-state index contributed by atoms with van der Waals surface area (Å²) >= 11 is 0. The summed E-state index contributed by atoms with van der Waals surface area (Å²) in [7, 11) is 0. The van der Waals surface area contributed by atoms with E-state index in [0.29, 0.717) is 30.4 Å². The van der Waals surface area contributed by atoms with Crippen molar-refractivity contribution in [2.24, 2.45) is 0 Å². The highest BCUT2D eigenvalue weighted by molar-refractivity contribution is 6.06. The van der Waals surface area contributed by atoms with Crippen LogP contribution in [-0.4, -0.2) is 32.5 Å². The first kappa shape index (κ1) is 18.0. The second-order valence-electron chi connectivity index (χ2n) is 6.46. The van der Waals surface area contributed by atoms with Crippen LogP contribution in [0.2, 0.25) is 0 Å². The second-order valence-corrected chi connectivity index (χ2v) is 6.46. The summed E-state index contributed by atoms with van der Waals surface area (Å²) in [6.07, 6.45) is 1.69. The van der Waals surface area contributed by atoms with Gasteiger partial charge in [0.25, 0.3) is 5.91 Å². The Labute approximate surface area is 153 Å². The molecular weight excluding hydrogens is 328 g/mol. The molecule has 1 amide bonds. The van der Waals surface area contributed by atoms with Crippen LogP contribution < -0.4 is 0 Å². The van der Waals surface area contributed by atoms with E-state index in [-0.39, 0.29) is 5.91 Å². The number of aryl methyl sites for hydroxylation is 3. The van der Waals surface area contributed by atoms with E-state index in [1.807, 2.05) is 45.0 Å². The predicted molar refractivity (Wildman–Crippen MR) is 99.9 cm³/mol. The standard InChI is InChI=1S/C20H24N4O2/c1-5-8-18-22-17(23-26-18)12-24(6-2)20(25)16-11-14(4)21-19-13(3)9-7-10-15(16)19/h7,9-11H,5-6,8,12H2,1-4H3. The van der Waals surface area contributed by atoms with Gasteiger partial charge in [0.05, 0.1) is 17.6 Å². The number of rotatable bonds is 6. The molecule has 2 aromatic heterocycles. The van der Waals surface area contributed by atoms with E-state index < -0.39 is 0 Å². The Morgan fingerprint density at radius 1 is 1.19 bits per heavy atom. The molecule has 0 radical (unpaired) electrons. The first-order chi connectivity index (χ1) is 12.5. The number of carbonyl (C=O) groups excluding carboxylic acids is 1. The molecule has 0 atom stereocenters. The number of para-hydroxylation sites is 1. The van der Waals surface area contributed by atoms with Crippen molar-refractivity contribution >= 4 is 16.8 Å². The molecule has 0 aliphatic carbocycles. The molecule has 3 aromatic rings. The van der Waals surface area contributed by atoms with E-state index >= 15 is 0 Å². The third-order valence-corrected chi connectivity index (χ3v) is 4.37. The van der Waals surface area contributed by atoms with Gasteiger partial charge in [0.1, 0.15) is 0 Å². The van der Waals surface area contributed by atoms with Crippen molar-refractivity contribution in [1.82, 2.24) is 20.0 Å². The molecule has 0 aliphatic heterocycles. The minimum atomic E-state index is -0.0459. The molecule has 0 unspecified atom stereocenters. The molecule has 0 bridgehead atoms. The van der Waals surface area contributed by atoms with Crippen molar-refractivity contribution in [2.75, 3.05) is 6.54 Å². The molecule has 0 saturated heterocycles. The van der Waals surface area contributed by atoms with E-state index in [2.05, 4.69) is 22.0 Å². The van der Waals surface area contributed by atoms with Crippen molar-refractivity contribution in [3.63, 3.8) is 0 Å². The van der Waals surface area contributed by atoms with Crippen LogP contribution >= 0.6 is 0 Å². The molecule has 0 saturated carbocycles. The number of aromatic nitrogens is 3. The number of fused-ring (bicyclic) bond motifs is 1. The quantitative estimate of drug-likeness (QED) is 0.674. The largest absolute Gasteiger partial charge is 0.339 e. The molecule has 1 aromatic carbocycles. The van der Waals surface area contributed by atoms with E-state index in [0.717, 1.165) is 35.0 Å². The van der Waals surface area contributed by atoms with Crippen LogP contribution in [0.1, 0.15) is 53.6 Å². The number of hydrogen-bond acceptors (Lipinski definition) is 5. The topological polar surface area (TPSA) is 72.1 Å². The van der Waals surface area contributed by atoms with Crippen LogP contribution in [0, 0.1) is 13.8 Å². The normalized spacial score (nSPS) is 11.1. The van der Waals surface area contributed by atoms with Gasteiger partial charge in [0.15, 0.2) is 5.82 Å². The Kier molecular flexibility index (Phi) is 5.30. The van der Waals surface area contributed by atoms with Crippen molar-refractivity contribution < 1.29 is 9.32 Å². The summed E-state index contributed by atoms with van der Waals surface area (Å²) in [5.41, 5.74) is 3.42. The number of amides is 1. The highest BCUT2D eigenvalue weighted by Crippen LogP contribution is 2.23. The first-order valence-electron chi connectivity index (χ1n) is 9.01. The van der Waals surface area contributed by atoms with Crippen LogP contribution in [0.4, 0.5) is 0 Å². The maximum Gasteiger partial charge on any atom is 0.255 e. The van der Waals surface area contributed by atoms with Crippen molar-refractivity contribution in [2.45, 2.75) is 47.1 Å². The minimum absolute atomic E-state index is 0.0459. The summed E-state index contributed by atoms with van der Waals surface area (Å²) in [5.74, 6) is 1.11. The van der Waals surface area contributed by atoms with Crippen molar-refractivity contribution in [3.8, 4) is 0 Å². The predicted octanol–water partition coefficient (Wildman–Crippen LogP) is 3.85. The molecule has 26 heavy (non-hydrogen) atoms. The zero-order chi connectivity index (χ0) is 18.7. The fourth-order valence-electron chi connectivity index (χ4n) is 3.03. The third kappa shape index (κ3) is 3.59. The van der Waals surface area contributed by atoms with Gasteiger partial charge in [-0.1, -0.05) is 30.3 Å². The summed E-state index contributed by atoms with van der Waals surface area (Å²) in [4.78, 5) is 23.9. The van der Waals surface area contributed by atoms with Gasteiger partial charge in [-0.05, 0) is 38.8 Å². The van der Waals surface area contributed by atoms with Crippen LogP contribution in [-0.2, 0) is 13.0 Å². The third-order valence-electron chi connectivity index (χ3n) is 4.37. The first-order valence-corrected chi connectivity index (χ1v) is 9.01. The molecule has 0 aliphatic rings. The van der Waals surface area contributed by atoms with E-state index in [1.165, 1.54) is 0 Å². The molecule has 0 spiro atoms. The SMILES string of the molecule is CCCc1nc(CN(CC)C(=O)c2cc(C)nc3c(C)cccc23)no1. The molecule has 0 fully saturated rings. The Morgan fingerprint density at radius 2 is 2.00 bits per heavy atom. The Morgan fingerprint density at radius 3 is 2.73 bits per heavy atom. The molecule has 2 heterocycles. The number of carbonyl (C=O) groups is 1. The zero-order valence-electron chi connectivity index (χ0n) is 15.7. The minimum Gasteiger partial charge on any atom is -0.339 e. The highest BCUT2D eigenvalue weighted by Gasteiger charge is 2.20. The molecule has 6 heteroatoms. The smallest absolute Gasteiger partial charge is 0.255 e. The van der Waals surface area contributed by atoms with Gasteiger partial charge in [-0.25, -0.2) is 0 Å². The molecule has 6 nitrogen and oxygen atoms in total. The van der Waals surface area contributed by atoms with Crippen molar-refractivity contribution in [3.05, 3.63) is 52.8 Å².